The van der Waals surface area contributed by atoms with Gasteiger partial charge in [0, 0.05) is 11.3 Å². The second-order valence-electron chi connectivity index (χ2n) is 8.00. The number of oxazole rings is 1. The fraction of sp³-hybridized carbons (Fsp3) is 0.207. The molecule has 3 aromatic carbocycles. The van der Waals surface area contributed by atoms with Gasteiger partial charge in [0.15, 0.2) is 5.58 Å². The summed E-state index contributed by atoms with van der Waals surface area (Å²) in [5.74, 6) is -0.198. The summed E-state index contributed by atoms with van der Waals surface area (Å²) in [5, 5.41) is 0. The van der Waals surface area contributed by atoms with Gasteiger partial charge in [-0.2, -0.15) is 0 Å². The minimum atomic E-state index is -0.396. The van der Waals surface area contributed by atoms with Crippen molar-refractivity contribution in [3.63, 3.8) is 0 Å². The summed E-state index contributed by atoms with van der Waals surface area (Å²) in [4.78, 5) is 30.2. The Balaban J connectivity index is 1.43. The number of nitrogens with zero attached hydrogens (tertiary/aromatic N) is 2. The van der Waals surface area contributed by atoms with E-state index in [2.05, 4.69) is 4.98 Å². The van der Waals surface area contributed by atoms with Gasteiger partial charge in [0.05, 0.1) is 13.2 Å². The molecule has 0 amide bonds. The van der Waals surface area contributed by atoms with Gasteiger partial charge in [0.2, 0.25) is 5.89 Å². The van der Waals surface area contributed by atoms with Gasteiger partial charge in [-0.1, -0.05) is 48.6 Å². The fourth-order valence-corrected chi connectivity index (χ4v) is 3.68. The maximum absolute atomic E-state index is 12.0. The van der Waals surface area contributed by atoms with Crippen LogP contribution in [-0.2, 0) is 19.1 Å². The number of carbonyl (C=O) groups is 2. The zero-order valence-electron chi connectivity index (χ0n) is 20.3. The Kier molecular flexibility index (Phi) is 8.13. The van der Waals surface area contributed by atoms with Gasteiger partial charge in [0.25, 0.3) is 0 Å². The Morgan fingerprint density at radius 2 is 1.36 bits per heavy atom. The van der Waals surface area contributed by atoms with Crippen molar-refractivity contribution in [1.29, 1.82) is 0 Å². The van der Waals surface area contributed by atoms with Crippen LogP contribution in [0.4, 0.5) is 5.69 Å². The lowest BCUT2D eigenvalue weighted by Gasteiger charge is -2.22. The molecule has 0 spiro atoms. The predicted molar refractivity (Wildman–Crippen MR) is 140 cm³/mol. The molecule has 0 N–H and O–H groups in total. The topological polar surface area (TPSA) is 81.9 Å². The highest BCUT2D eigenvalue weighted by Crippen LogP contribution is 2.25. The summed E-state index contributed by atoms with van der Waals surface area (Å²) in [6.45, 7) is 4.00. The Bertz CT molecular complexity index is 1290. The monoisotopic (exact) mass is 484 g/mol. The Labute approximate surface area is 210 Å². The van der Waals surface area contributed by atoms with Crippen LogP contribution in [0.1, 0.15) is 25.0 Å². The smallest absolute Gasteiger partial charge is 0.325 e. The lowest BCUT2D eigenvalue weighted by molar-refractivity contribution is -0.142. The predicted octanol–water partition coefficient (Wildman–Crippen LogP) is 5.60. The van der Waals surface area contributed by atoms with Crippen LogP contribution in [0, 0.1) is 0 Å². The number of hydrogen-bond donors (Lipinski definition) is 0. The van der Waals surface area contributed by atoms with E-state index >= 15 is 0 Å². The van der Waals surface area contributed by atoms with E-state index in [1.165, 1.54) is 0 Å². The van der Waals surface area contributed by atoms with E-state index < -0.39 is 11.9 Å². The number of ether oxygens (including phenoxy) is 2. The molecule has 0 aliphatic heterocycles. The maximum atomic E-state index is 12.0. The standard InChI is InChI=1S/C29H28N2O5/c1-3-34-27(32)19-31(20-28(33)35-4-2)24-17-13-22(14-18-24)10-9-21-11-15-23(16-12-21)29-30-25-7-5-6-8-26(25)36-29/h5-18H,3-4,19-20H2,1-2H3/b10-9+. The number of anilines is 1. The summed E-state index contributed by atoms with van der Waals surface area (Å²) in [5.41, 5.74) is 5.26. The molecule has 0 saturated heterocycles. The summed E-state index contributed by atoms with van der Waals surface area (Å²) in [6, 6.07) is 23.3. The first-order valence-electron chi connectivity index (χ1n) is 11.9. The van der Waals surface area contributed by atoms with Crippen molar-refractivity contribution >= 4 is 40.9 Å². The molecule has 4 rings (SSSR count). The van der Waals surface area contributed by atoms with Crippen molar-refractivity contribution in [2.45, 2.75) is 13.8 Å². The molecule has 0 radical (unpaired) electrons. The molecular weight excluding hydrogens is 456 g/mol. The zero-order chi connectivity index (χ0) is 25.3. The van der Waals surface area contributed by atoms with E-state index in [1.807, 2.05) is 84.9 Å². The average molecular weight is 485 g/mol. The fourth-order valence-electron chi connectivity index (χ4n) is 3.68. The number of esters is 2. The molecular formula is C29H28N2O5. The quantitative estimate of drug-likeness (QED) is 0.214. The number of para-hydroxylation sites is 2. The molecule has 0 atom stereocenters. The third-order valence-corrected chi connectivity index (χ3v) is 5.43. The first-order valence-corrected chi connectivity index (χ1v) is 11.9. The molecule has 0 fully saturated rings. The maximum Gasteiger partial charge on any atom is 0.325 e. The molecule has 0 bridgehead atoms. The van der Waals surface area contributed by atoms with Crippen LogP contribution in [0.15, 0.2) is 77.2 Å². The molecule has 7 heteroatoms. The number of benzene rings is 3. The van der Waals surface area contributed by atoms with Crippen molar-refractivity contribution in [1.82, 2.24) is 4.98 Å². The minimum Gasteiger partial charge on any atom is -0.465 e. The van der Waals surface area contributed by atoms with Crippen LogP contribution >= 0.6 is 0 Å². The van der Waals surface area contributed by atoms with Gasteiger partial charge in [0.1, 0.15) is 18.6 Å². The molecule has 184 valence electrons. The van der Waals surface area contributed by atoms with Crippen molar-refractivity contribution in [2.24, 2.45) is 0 Å². The van der Waals surface area contributed by atoms with Gasteiger partial charge in [-0.05, 0) is 61.4 Å². The Morgan fingerprint density at radius 1 is 0.806 bits per heavy atom. The van der Waals surface area contributed by atoms with Gasteiger partial charge in [-0.15, -0.1) is 0 Å². The van der Waals surface area contributed by atoms with E-state index in [1.54, 1.807) is 18.7 Å². The first kappa shape index (κ1) is 24.7. The average Bonchev–Trinajstić information content (AvgIpc) is 3.32. The Hall–Kier alpha value is -4.39. The van der Waals surface area contributed by atoms with Crippen LogP contribution in [-0.4, -0.2) is 43.2 Å². The van der Waals surface area contributed by atoms with Crippen LogP contribution in [0.25, 0.3) is 34.7 Å². The summed E-state index contributed by atoms with van der Waals surface area (Å²) in [6.07, 6.45) is 4.01. The largest absolute Gasteiger partial charge is 0.465 e. The van der Waals surface area contributed by atoms with Crippen molar-refractivity contribution in [2.75, 3.05) is 31.2 Å². The Morgan fingerprint density at radius 3 is 1.92 bits per heavy atom. The van der Waals surface area contributed by atoms with Crippen molar-refractivity contribution < 1.29 is 23.5 Å². The molecule has 4 aromatic rings. The van der Waals surface area contributed by atoms with Crippen LogP contribution in [0.2, 0.25) is 0 Å². The second-order valence-corrected chi connectivity index (χ2v) is 8.00. The van der Waals surface area contributed by atoms with Gasteiger partial charge < -0.3 is 18.8 Å². The second kappa shape index (κ2) is 11.8. The summed E-state index contributed by atoms with van der Waals surface area (Å²) >= 11 is 0. The first-order chi connectivity index (χ1) is 17.6. The van der Waals surface area contributed by atoms with Gasteiger partial charge in [-0.25, -0.2) is 4.98 Å². The highest BCUT2D eigenvalue weighted by molar-refractivity contribution is 5.82. The number of aromatic nitrogens is 1. The number of rotatable bonds is 10. The van der Waals surface area contributed by atoms with Crippen LogP contribution in [0.3, 0.4) is 0 Å². The summed E-state index contributed by atoms with van der Waals surface area (Å²) in [7, 11) is 0. The van der Waals surface area contributed by atoms with Crippen molar-refractivity contribution in [3.05, 3.63) is 83.9 Å². The van der Waals surface area contributed by atoms with Crippen molar-refractivity contribution in [3.8, 4) is 11.5 Å². The molecule has 1 heterocycles. The van der Waals surface area contributed by atoms with E-state index in [0.717, 1.165) is 33.5 Å². The molecule has 0 aliphatic carbocycles. The van der Waals surface area contributed by atoms with E-state index in [4.69, 9.17) is 13.9 Å². The lowest BCUT2D eigenvalue weighted by atomic mass is 10.1. The normalized spacial score (nSPS) is 11.1. The van der Waals surface area contributed by atoms with Gasteiger partial charge in [-0.3, -0.25) is 9.59 Å². The number of carbonyl (C=O) groups excluding carboxylic acids is 2. The number of fused-ring (bicyclic) bond motifs is 1. The molecule has 0 unspecified atom stereocenters. The summed E-state index contributed by atoms with van der Waals surface area (Å²) < 4.78 is 15.9. The molecule has 0 aliphatic rings. The highest BCUT2D eigenvalue weighted by atomic mass is 16.5. The highest BCUT2D eigenvalue weighted by Gasteiger charge is 2.17. The minimum absolute atomic E-state index is 0.0335. The lowest BCUT2D eigenvalue weighted by Crippen LogP contribution is -2.36. The van der Waals surface area contributed by atoms with E-state index in [0.29, 0.717) is 5.89 Å². The molecule has 1 aromatic heterocycles. The molecule has 36 heavy (non-hydrogen) atoms. The molecule has 0 saturated carbocycles. The van der Waals surface area contributed by atoms with Crippen LogP contribution < -0.4 is 4.90 Å². The van der Waals surface area contributed by atoms with Crippen LogP contribution in [0.5, 0.6) is 0 Å². The van der Waals surface area contributed by atoms with Gasteiger partial charge >= 0.3 is 11.9 Å². The molecule has 7 nitrogen and oxygen atoms in total. The van der Waals surface area contributed by atoms with E-state index in [-0.39, 0.29) is 26.3 Å². The van der Waals surface area contributed by atoms with E-state index in [9.17, 15) is 9.59 Å². The number of hydrogen-bond acceptors (Lipinski definition) is 7. The third-order valence-electron chi connectivity index (χ3n) is 5.43. The zero-order valence-corrected chi connectivity index (χ0v) is 20.3. The third kappa shape index (κ3) is 6.39. The SMILES string of the molecule is CCOC(=O)CN(CC(=O)OCC)c1ccc(/C=C/c2ccc(-c3nc4ccccc4o3)cc2)cc1.